The summed E-state index contributed by atoms with van der Waals surface area (Å²) in [6.07, 6.45) is 2.00. The van der Waals surface area contributed by atoms with Crippen LogP contribution in [0.15, 0.2) is 17.0 Å². The summed E-state index contributed by atoms with van der Waals surface area (Å²) in [5, 5.41) is 9.08. The van der Waals surface area contributed by atoms with Gasteiger partial charge in [-0.1, -0.05) is 11.6 Å². The molecule has 0 bridgehead atoms. The number of hydrogen-bond acceptors (Lipinski definition) is 4. The number of nitrogens with zero attached hydrogens (tertiary/aromatic N) is 1. The molecule has 0 saturated carbocycles. The summed E-state index contributed by atoms with van der Waals surface area (Å²) in [5.74, 6) is -0.271. The van der Waals surface area contributed by atoms with E-state index < -0.39 is 15.8 Å². The van der Waals surface area contributed by atoms with Crippen molar-refractivity contribution in [3.8, 4) is 0 Å². The first-order valence-electron chi connectivity index (χ1n) is 7.62. The minimum Gasteiger partial charge on any atom is -0.396 e. The predicted octanol–water partition coefficient (Wildman–Crippen LogP) is 1.77. The molecule has 1 aromatic rings. The first-order chi connectivity index (χ1) is 10.8. The molecule has 0 radical (unpaired) electrons. The molecular weight excluding hydrogens is 343 g/mol. The fraction of sp³-hybridized carbons (Fsp3) is 0.600. The van der Waals surface area contributed by atoms with Crippen LogP contribution < -0.4 is 4.72 Å². The average molecular weight is 365 g/mol. The second kappa shape index (κ2) is 7.90. The van der Waals surface area contributed by atoms with E-state index in [1.807, 2.05) is 0 Å². The molecule has 1 aromatic carbocycles. The zero-order chi connectivity index (χ0) is 17.0. The van der Waals surface area contributed by atoms with Crippen molar-refractivity contribution < 1.29 is 17.9 Å². The standard InChI is InChI=1S/C15H22ClFN2O3S/c1-11-7-15(13(16)8-14(11)17)23(21,22)18-4-6-19-5-2-3-12(9-19)10-20/h7-8,12,18,20H,2-6,9-10H2,1H3/t12-/m1/s1. The second-order valence-electron chi connectivity index (χ2n) is 5.92. The third-order valence-electron chi connectivity index (χ3n) is 4.08. The molecule has 8 heteroatoms. The van der Waals surface area contributed by atoms with Crippen LogP contribution in [0.2, 0.25) is 5.02 Å². The summed E-state index contributed by atoms with van der Waals surface area (Å²) in [6.45, 7) is 4.13. The number of likely N-dealkylation sites (tertiary alicyclic amines) is 1. The maximum atomic E-state index is 13.4. The largest absolute Gasteiger partial charge is 0.396 e. The van der Waals surface area contributed by atoms with E-state index >= 15 is 0 Å². The Morgan fingerprint density at radius 2 is 2.22 bits per heavy atom. The minimum absolute atomic E-state index is 0.107. The van der Waals surface area contributed by atoms with Crippen LogP contribution in [0.3, 0.4) is 0 Å². The molecule has 23 heavy (non-hydrogen) atoms. The normalized spacial score (nSPS) is 19.9. The van der Waals surface area contributed by atoms with Gasteiger partial charge in [0.25, 0.3) is 0 Å². The molecule has 1 aliphatic heterocycles. The monoisotopic (exact) mass is 364 g/mol. The van der Waals surface area contributed by atoms with Gasteiger partial charge in [-0.2, -0.15) is 0 Å². The summed E-state index contributed by atoms with van der Waals surface area (Å²) in [6, 6.07) is 2.25. The molecule has 0 amide bonds. The Bertz CT molecular complexity index is 654. The lowest BCUT2D eigenvalue weighted by Crippen LogP contribution is -2.41. The van der Waals surface area contributed by atoms with Gasteiger partial charge in [-0.15, -0.1) is 0 Å². The first kappa shape index (κ1) is 18.6. The number of piperidine rings is 1. The number of aliphatic hydroxyl groups is 1. The maximum absolute atomic E-state index is 13.4. The number of halogens is 2. The van der Waals surface area contributed by atoms with Gasteiger partial charge in [0.15, 0.2) is 0 Å². The van der Waals surface area contributed by atoms with Gasteiger partial charge in [-0.05, 0) is 49.9 Å². The van der Waals surface area contributed by atoms with E-state index in [0.29, 0.717) is 6.54 Å². The van der Waals surface area contributed by atoms with Crippen molar-refractivity contribution in [3.63, 3.8) is 0 Å². The molecule has 0 unspecified atom stereocenters. The third kappa shape index (κ3) is 4.87. The van der Waals surface area contributed by atoms with E-state index in [-0.39, 0.29) is 34.6 Å². The van der Waals surface area contributed by atoms with Crippen LogP contribution in [0.5, 0.6) is 0 Å². The maximum Gasteiger partial charge on any atom is 0.242 e. The summed E-state index contributed by atoms with van der Waals surface area (Å²) in [5.41, 5.74) is 0.233. The van der Waals surface area contributed by atoms with Gasteiger partial charge in [-0.25, -0.2) is 17.5 Å². The van der Waals surface area contributed by atoms with Crippen LogP contribution in [0.4, 0.5) is 4.39 Å². The zero-order valence-electron chi connectivity index (χ0n) is 13.1. The highest BCUT2D eigenvalue weighted by Crippen LogP contribution is 2.24. The number of aliphatic hydroxyl groups excluding tert-OH is 1. The predicted molar refractivity (Wildman–Crippen MR) is 87.6 cm³/mol. The molecule has 2 N–H and O–H groups in total. The molecule has 0 aromatic heterocycles. The Hall–Kier alpha value is -0.730. The molecule has 1 heterocycles. The summed E-state index contributed by atoms with van der Waals surface area (Å²) in [4.78, 5) is 2.02. The van der Waals surface area contributed by atoms with Crippen LogP contribution in [0.25, 0.3) is 0 Å². The minimum atomic E-state index is -3.77. The van der Waals surface area contributed by atoms with Crippen molar-refractivity contribution in [3.05, 3.63) is 28.5 Å². The highest BCUT2D eigenvalue weighted by atomic mass is 35.5. The fourth-order valence-corrected chi connectivity index (χ4v) is 4.37. The second-order valence-corrected chi connectivity index (χ2v) is 8.06. The van der Waals surface area contributed by atoms with Crippen molar-refractivity contribution >= 4 is 21.6 Å². The van der Waals surface area contributed by atoms with E-state index in [4.69, 9.17) is 11.6 Å². The molecule has 1 fully saturated rings. The molecule has 0 aliphatic carbocycles. The lowest BCUT2D eigenvalue weighted by atomic mass is 9.99. The Morgan fingerprint density at radius 1 is 1.48 bits per heavy atom. The van der Waals surface area contributed by atoms with Gasteiger partial charge in [0.2, 0.25) is 10.0 Å². The summed E-state index contributed by atoms with van der Waals surface area (Å²) in [7, 11) is -3.77. The van der Waals surface area contributed by atoms with Gasteiger partial charge in [-0.3, -0.25) is 0 Å². The van der Waals surface area contributed by atoms with E-state index in [0.717, 1.165) is 32.0 Å². The Balaban J connectivity index is 1.95. The van der Waals surface area contributed by atoms with Gasteiger partial charge in [0.1, 0.15) is 10.7 Å². The molecule has 130 valence electrons. The summed E-state index contributed by atoms with van der Waals surface area (Å²) >= 11 is 5.85. The third-order valence-corrected chi connectivity index (χ3v) is 6.01. The van der Waals surface area contributed by atoms with Gasteiger partial charge in [0, 0.05) is 26.2 Å². The highest BCUT2D eigenvalue weighted by Gasteiger charge is 2.22. The van der Waals surface area contributed by atoms with E-state index in [2.05, 4.69) is 9.62 Å². The van der Waals surface area contributed by atoms with Crippen molar-refractivity contribution in [2.45, 2.75) is 24.7 Å². The summed E-state index contributed by atoms with van der Waals surface area (Å²) < 4.78 is 40.5. The van der Waals surface area contributed by atoms with Crippen molar-refractivity contribution in [2.75, 3.05) is 32.8 Å². The van der Waals surface area contributed by atoms with Crippen molar-refractivity contribution in [2.24, 2.45) is 5.92 Å². The quantitative estimate of drug-likeness (QED) is 0.807. The van der Waals surface area contributed by atoms with E-state index in [9.17, 15) is 17.9 Å². The van der Waals surface area contributed by atoms with Gasteiger partial charge in [0.05, 0.1) is 5.02 Å². The van der Waals surface area contributed by atoms with E-state index in [1.165, 1.54) is 13.0 Å². The molecule has 2 rings (SSSR count). The van der Waals surface area contributed by atoms with Crippen LogP contribution in [-0.4, -0.2) is 51.2 Å². The Morgan fingerprint density at radius 3 is 2.91 bits per heavy atom. The lowest BCUT2D eigenvalue weighted by molar-refractivity contribution is 0.122. The van der Waals surface area contributed by atoms with Crippen LogP contribution in [0.1, 0.15) is 18.4 Å². The van der Waals surface area contributed by atoms with Crippen molar-refractivity contribution in [1.29, 1.82) is 0 Å². The number of sulfonamides is 1. The molecule has 5 nitrogen and oxygen atoms in total. The van der Waals surface area contributed by atoms with E-state index in [1.54, 1.807) is 0 Å². The number of rotatable bonds is 6. The van der Waals surface area contributed by atoms with Gasteiger partial charge < -0.3 is 10.0 Å². The van der Waals surface area contributed by atoms with Crippen LogP contribution in [0, 0.1) is 18.7 Å². The SMILES string of the molecule is Cc1cc(S(=O)(=O)NCCN2CCC[C@@H](CO)C2)c(Cl)cc1F. The topological polar surface area (TPSA) is 69.6 Å². The molecule has 0 spiro atoms. The zero-order valence-corrected chi connectivity index (χ0v) is 14.6. The molecule has 1 saturated heterocycles. The van der Waals surface area contributed by atoms with Crippen LogP contribution in [-0.2, 0) is 10.0 Å². The number of nitrogens with one attached hydrogen (secondary N) is 1. The van der Waals surface area contributed by atoms with Gasteiger partial charge >= 0.3 is 0 Å². The van der Waals surface area contributed by atoms with Crippen LogP contribution >= 0.6 is 11.6 Å². The number of hydrogen-bond donors (Lipinski definition) is 2. The number of benzene rings is 1. The lowest BCUT2D eigenvalue weighted by Gasteiger charge is -2.31. The fourth-order valence-electron chi connectivity index (χ4n) is 2.76. The molecule has 1 aliphatic rings. The average Bonchev–Trinajstić information content (AvgIpc) is 2.50. The smallest absolute Gasteiger partial charge is 0.242 e. The Labute approximate surface area is 141 Å². The molecule has 1 atom stereocenters. The van der Waals surface area contributed by atoms with Crippen molar-refractivity contribution in [1.82, 2.24) is 9.62 Å². The highest BCUT2D eigenvalue weighted by molar-refractivity contribution is 7.89. The number of aryl methyl sites for hydroxylation is 1. The first-order valence-corrected chi connectivity index (χ1v) is 9.48. The molecular formula is C15H22ClFN2O3S. The Kier molecular flexibility index (Phi) is 6.39.